The van der Waals surface area contributed by atoms with Crippen LogP contribution in [0.25, 0.3) is 0 Å². The van der Waals surface area contributed by atoms with E-state index >= 15 is 0 Å². The molecular formula is C31H44N8O2. The van der Waals surface area contributed by atoms with Gasteiger partial charge in [-0.2, -0.15) is 10.1 Å². The van der Waals surface area contributed by atoms with E-state index in [0.29, 0.717) is 36.7 Å². The Morgan fingerprint density at radius 2 is 1.78 bits per heavy atom. The van der Waals surface area contributed by atoms with Gasteiger partial charge in [0.25, 0.3) is 0 Å². The molecule has 2 N–H and O–H groups in total. The first-order valence-electron chi connectivity index (χ1n) is 15.9. The molecular weight excluding hydrogens is 516 g/mol. The molecule has 3 saturated heterocycles. The molecule has 2 bridgehead atoms. The topological polar surface area (TPSA) is 110 Å². The van der Waals surface area contributed by atoms with Gasteiger partial charge in [-0.25, -0.2) is 4.98 Å². The highest BCUT2D eigenvalue weighted by Crippen LogP contribution is 2.43. The summed E-state index contributed by atoms with van der Waals surface area (Å²) < 4.78 is 7.55. The summed E-state index contributed by atoms with van der Waals surface area (Å²) >= 11 is 0. The van der Waals surface area contributed by atoms with Crippen LogP contribution in [0.5, 0.6) is 0 Å². The van der Waals surface area contributed by atoms with Crippen molar-refractivity contribution in [2.24, 2.45) is 16.8 Å². The third kappa shape index (κ3) is 5.59. The summed E-state index contributed by atoms with van der Waals surface area (Å²) in [5, 5.41) is 11.8. The molecule has 4 aliphatic heterocycles. The van der Waals surface area contributed by atoms with Gasteiger partial charge in [0.05, 0.1) is 35.7 Å². The molecule has 3 unspecified atom stereocenters. The molecule has 2 aromatic heterocycles. The van der Waals surface area contributed by atoms with Crippen molar-refractivity contribution in [2.45, 2.75) is 115 Å². The largest absolute Gasteiger partial charge is 0.381 e. The van der Waals surface area contributed by atoms with Crippen LogP contribution in [0.3, 0.4) is 0 Å². The average Bonchev–Trinajstić information content (AvgIpc) is 3.46. The number of nitrogens with one attached hydrogen (secondary N) is 2. The fourth-order valence-electron chi connectivity index (χ4n) is 8.15. The molecule has 1 amide bonds. The van der Waals surface area contributed by atoms with Crippen LogP contribution in [0.2, 0.25) is 0 Å². The normalized spacial score (nSPS) is 29.8. The minimum absolute atomic E-state index is 0.276. The molecule has 8 rings (SSSR count). The van der Waals surface area contributed by atoms with Crippen molar-refractivity contribution in [1.29, 1.82) is 0 Å². The average molecular weight is 561 g/mol. The Kier molecular flexibility index (Phi) is 7.43. The number of carbonyl (C=O) groups excluding carboxylic acids is 1. The second-order valence-electron chi connectivity index (χ2n) is 13.0. The number of carbonyl (C=O) groups is 1. The number of aromatic nitrogens is 4. The number of rotatable bonds is 7. The molecule has 5 fully saturated rings. The highest BCUT2D eigenvalue weighted by atomic mass is 16.5. The van der Waals surface area contributed by atoms with Gasteiger partial charge in [0.1, 0.15) is 5.82 Å². The Morgan fingerprint density at radius 1 is 0.976 bits per heavy atom. The summed E-state index contributed by atoms with van der Waals surface area (Å²) in [6.45, 7) is 5.99. The van der Waals surface area contributed by atoms with Gasteiger partial charge in [-0.15, -0.1) is 0 Å². The molecule has 0 spiro atoms. The van der Waals surface area contributed by atoms with Crippen molar-refractivity contribution in [1.82, 2.24) is 24.6 Å². The van der Waals surface area contributed by atoms with Gasteiger partial charge in [0.2, 0.25) is 11.9 Å². The van der Waals surface area contributed by atoms with Gasteiger partial charge in [-0.3, -0.25) is 14.5 Å². The molecule has 0 radical (unpaired) electrons. The summed E-state index contributed by atoms with van der Waals surface area (Å²) in [6.07, 6.45) is 17.0. The van der Waals surface area contributed by atoms with Crippen molar-refractivity contribution >= 4 is 29.1 Å². The van der Waals surface area contributed by atoms with Crippen LogP contribution in [-0.4, -0.2) is 67.6 Å². The number of nitrogens with zero attached hydrogens (tertiary/aromatic N) is 6. The lowest BCUT2D eigenvalue weighted by atomic mass is 9.78. The fraction of sp³-hybridized carbons (Fsp3) is 0.710. The van der Waals surface area contributed by atoms with Gasteiger partial charge in [0.15, 0.2) is 0 Å². The number of fused-ring (bicyclic) bond motifs is 4. The van der Waals surface area contributed by atoms with Crippen molar-refractivity contribution in [2.75, 3.05) is 23.8 Å². The van der Waals surface area contributed by atoms with E-state index in [2.05, 4.69) is 38.7 Å². The summed E-state index contributed by atoms with van der Waals surface area (Å²) in [6, 6.07) is 1.82. The van der Waals surface area contributed by atoms with Crippen molar-refractivity contribution < 1.29 is 9.53 Å². The molecule has 2 aliphatic carbocycles. The van der Waals surface area contributed by atoms with Crippen LogP contribution in [-0.2, 0) is 16.1 Å². The standard InChI is InChI=1S/C31H44N8O2/c1-19-29-28(17-32-19)36-31(35-24-16-33-38(18-24)25-9-11-41-12-10-25)37-30(29)34-23-6-3-21(4-7-23)13-22-5-8-26-15-27(14-22)39(26)20(2)40/h16,18,21-23,25-27H,3-15,17H2,1-2H3,(H2,34,35,36,37)/t21-,22?,23-,26?,27?. The highest BCUT2D eigenvalue weighted by molar-refractivity contribution is 6.05. The lowest BCUT2D eigenvalue weighted by Crippen LogP contribution is -2.56. The first-order valence-corrected chi connectivity index (χ1v) is 15.9. The van der Waals surface area contributed by atoms with Crippen LogP contribution in [0.1, 0.15) is 102 Å². The minimum Gasteiger partial charge on any atom is -0.381 e. The first kappa shape index (κ1) is 26.9. The zero-order valence-electron chi connectivity index (χ0n) is 24.5. The molecule has 6 aliphatic rings. The van der Waals surface area contributed by atoms with Crippen LogP contribution in [0.4, 0.5) is 17.5 Å². The van der Waals surface area contributed by atoms with E-state index in [0.717, 1.165) is 66.4 Å². The second kappa shape index (κ2) is 11.3. The Morgan fingerprint density at radius 3 is 2.59 bits per heavy atom. The zero-order chi connectivity index (χ0) is 27.9. The monoisotopic (exact) mass is 560 g/mol. The van der Waals surface area contributed by atoms with E-state index in [1.54, 1.807) is 6.92 Å². The third-order valence-corrected chi connectivity index (χ3v) is 10.3. The van der Waals surface area contributed by atoms with Crippen LogP contribution in [0.15, 0.2) is 17.4 Å². The van der Waals surface area contributed by atoms with Crippen molar-refractivity contribution in [3.05, 3.63) is 23.7 Å². The number of ether oxygens (including phenoxy) is 1. The van der Waals surface area contributed by atoms with Crippen molar-refractivity contribution in [3.63, 3.8) is 0 Å². The van der Waals surface area contributed by atoms with Gasteiger partial charge in [-0.05, 0) is 89.4 Å². The summed E-state index contributed by atoms with van der Waals surface area (Å²) in [5.41, 5.74) is 3.98. The predicted molar refractivity (Wildman–Crippen MR) is 159 cm³/mol. The van der Waals surface area contributed by atoms with Gasteiger partial charge in [-0.1, -0.05) is 0 Å². The summed E-state index contributed by atoms with van der Waals surface area (Å²) in [4.78, 5) is 28.7. The van der Waals surface area contributed by atoms with E-state index in [1.807, 2.05) is 10.9 Å². The molecule has 3 atom stereocenters. The smallest absolute Gasteiger partial charge is 0.229 e. The SMILES string of the molecule is CC(=O)N1C2CCC(C[C@H]3CC[C@H](Nc4nc(Nc5cnn(C6CCOCC6)c5)nc5c4C(C)=NC5)CC3)CC1C2. The van der Waals surface area contributed by atoms with Crippen LogP contribution < -0.4 is 10.6 Å². The van der Waals surface area contributed by atoms with E-state index in [9.17, 15) is 4.79 Å². The molecule has 2 saturated carbocycles. The van der Waals surface area contributed by atoms with Crippen LogP contribution in [0, 0.1) is 11.8 Å². The maximum absolute atomic E-state index is 12.0. The van der Waals surface area contributed by atoms with E-state index < -0.39 is 0 Å². The zero-order valence-corrected chi connectivity index (χ0v) is 24.5. The number of hydrogen-bond acceptors (Lipinski definition) is 8. The Hall–Kier alpha value is -3.01. The molecule has 6 heterocycles. The number of amides is 1. The number of hydrogen-bond donors (Lipinski definition) is 2. The second-order valence-corrected chi connectivity index (χ2v) is 13.0. The Balaban J connectivity index is 0.971. The van der Waals surface area contributed by atoms with Gasteiger partial charge < -0.3 is 20.3 Å². The minimum atomic E-state index is 0.276. The number of anilines is 3. The van der Waals surface area contributed by atoms with Crippen LogP contribution >= 0.6 is 0 Å². The quantitative estimate of drug-likeness (QED) is 0.477. The van der Waals surface area contributed by atoms with E-state index in [4.69, 9.17) is 14.7 Å². The molecule has 41 heavy (non-hydrogen) atoms. The van der Waals surface area contributed by atoms with E-state index in [1.165, 1.54) is 57.8 Å². The summed E-state index contributed by atoms with van der Waals surface area (Å²) in [7, 11) is 0. The molecule has 2 aromatic rings. The highest BCUT2D eigenvalue weighted by Gasteiger charge is 2.43. The maximum atomic E-state index is 12.0. The molecule has 10 heteroatoms. The molecule has 220 valence electrons. The van der Waals surface area contributed by atoms with Crippen molar-refractivity contribution in [3.8, 4) is 0 Å². The predicted octanol–water partition coefficient (Wildman–Crippen LogP) is 5.24. The third-order valence-electron chi connectivity index (χ3n) is 10.3. The Labute approximate surface area is 242 Å². The number of aliphatic imine (C=N–C) groups is 1. The van der Waals surface area contributed by atoms with E-state index in [-0.39, 0.29) is 5.91 Å². The lowest BCUT2D eigenvalue weighted by molar-refractivity contribution is -0.142. The fourth-order valence-corrected chi connectivity index (χ4v) is 8.15. The van der Waals surface area contributed by atoms with Gasteiger partial charge in [0, 0.05) is 50.2 Å². The van der Waals surface area contributed by atoms with Gasteiger partial charge >= 0.3 is 0 Å². The lowest BCUT2D eigenvalue weighted by Gasteiger charge is -2.47. The molecule has 0 aromatic carbocycles. The first-order chi connectivity index (χ1) is 20.0. The molecule has 10 nitrogen and oxygen atoms in total. The maximum Gasteiger partial charge on any atom is 0.229 e. The Bertz CT molecular complexity index is 1290. The summed E-state index contributed by atoms with van der Waals surface area (Å²) in [5.74, 6) is 3.35.